The van der Waals surface area contributed by atoms with Crippen LogP contribution < -0.4 is 5.32 Å². The second kappa shape index (κ2) is 6.68. The molecule has 3 heteroatoms. The lowest BCUT2D eigenvalue weighted by Crippen LogP contribution is -2.43. The van der Waals surface area contributed by atoms with Crippen molar-refractivity contribution in [3.05, 3.63) is 0 Å². The zero-order chi connectivity index (χ0) is 11.0. The zero-order valence-corrected chi connectivity index (χ0v) is 9.85. The van der Waals surface area contributed by atoms with Gasteiger partial charge < -0.3 is 10.1 Å². The van der Waals surface area contributed by atoms with Crippen molar-refractivity contribution in [3.63, 3.8) is 0 Å². The smallest absolute Gasteiger partial charge is 0.407 e. The summed E-state index contributed by atoms with van der Waals surface area (Å²) in [4.78, 5) is 11.2. The van der Waals surface area contributed by atoms with Crippen LogP contribution in [-0.2, 0) is 4.74 Å². The van der Waals surface area contributed by atoms with Gasteiger partial charge in [0.05, 0.1) is 6.61 Å². The van der Waals surface area contributed by atoms with E-state index in [1.54, 1.807) is 0 Å². The van der Waals surface area contributed by atoms with Crippen molar-refractivity contribution in [1.29, 1.82) is 0 Å². The number of hydrogen-bond acceptors (Lipinski definition) is 2. The maximum absolute atomic E-state index is 11.2. The van der Waals surface area contributed by atoms with Gasteiger partial charge in [0.15, 0.2) is 0 Å². The first-order chi connectivity index (χ1) is 6.52. The van der Waals surface area contributed by atoms with Gasteiger partial charge in [0.25, 0.3) is 0 Å². The van der Waals surface area contributed by atoms with Gasteiger partial charge in [-0.05, 0) is 27.2 Å². The van der Waals surface area contributed by atoms with Crippen LogP contribution in [0.5, 0.6) is 0 Å². The van der Waals surface area contributed by atoms with Crippen molar-refractivity contribution >= 4 is 6.09 Å². The quantitative estimate of drug-likeness (QED) is 0.671. The third-order valence-corrected chi connectivity index (χ3v) is 2.12. The van der Waals surface area contributed by atoms with Crippen molar-refractivity contribution in [2.75, 3.05) is 6.61 Å². The molecule has 0 rings (SSSR count). The van der Waals surface area contributed by atoms with E-state index in [1.165, 1.54) is 12.8 Å². The van der Waals surface area contributed by atoms with Crippen LogP contribution in [0.3, 0.4) is 0 Å². The number of carbonyl (C=O) groups is 1. The molecule has 1 amide bonds. The van der Waals surface area contributed by atoms with Crippen molar-refractivity contribution in [2.45, 2.75) is 58.9 Å². The summed E-state index contributed by atoms with van der Waals surface area (Å²) in [6, 6.07) is 0. The molecular formula is C11H23NO2. The van der Waals surface area contributed by atoms with Crippen LogP contribution in [0.25, 0.3) is 0 Å². The Morgan fingerprint density at radius 2 is 1.93 bits per heavy atom. The fourth-order valence-electron chi connectivity index (χ4n) is 1.32. The maximum atomic E-state index is 11.2. The molecule has 0 aliphatic heterocycles. The number of unbranched alkanes of at least 4 members (excludes halogenated alkanes) is 2. The first kappa shape index (κ1) is 13.3. The monoisotopic (exact) mass is 201 g/mol. The van der Waals surface area contributed by atoms with E-state index in [9.17, 15) is 4.79 Å². The van der Waals surface area contributed by atoms with E-state index < -0.39 is 0 Å². The molecule has 0 aromatic rings. The molecule has 0 bridgehead atoms. The zero-order valence-electron chi connectivity index (χ0n) is 9.85. The minimum atomic E-state index is -0.311. The van der Waals surface area contributed by atoms with Crippen LogP contribution in [0.1, 0.15) is 53.4 Å². The van der Waals surface area contributed by atoms with Gasteiger partial charge in [0.2, 0.25) is 0 Å². The molecule has 0 aromatic heterocycles. The van der Waals surface area contributed by atoms with Gasteiger partial charge in [-0.15, -0.1) is 0 Å². The molecular weight excluding hydrogens is 178 g/mol. The van der Waals surface area contributed by atoms with Gasteiger partial charge in [-0.2, -0.15) is 0 Å². The molecule has 0 radical (unpaired) electrons. The Kier molecular flexibility index (Phi) is 6.34. The van der Waals surface area contributed by atoms with Crippen molar-refractivity contribution in [1.82, 2.24) is 5.32 Å². The fraction of sp³-hybridized carbons (Fsp3) is 0.909. The summed E-state index contributed by atoms with van der Waals surface area (Å²) in [5.74, 6) is 0. The summed E-state index contributed by atoms with van der Waals surface area (Å²) in [6.45, 7) is 8.46. The summed E-state index contributed by atoms with van der Waals surface area (Å²) in [6.07, 6.45) is 4.26. The number of hydrogen-bond donors (Lipinski definition) is 1. The lowest BCUT2D eigenvalue weighted by Gasteiger charge is -2.25. The first-order valence-electron chi connectivity index (χ1n) is 5.46. The highest BCUT2D eigenvalue weighted by Crippen LogP contribution is 2.13. The Hall–Kier alpha value is -0.730. The van der Waals surface area contributed by atoms with Crippen LogP contribution in [0, 0.1) is 0 Å². The van der Waals surface area contributed by atoms with Gasteiger partial charge in [0, 0.05) is 5.54 Å². The van der Waals surface area contributed by atoms with Crippen molar-refractivity contribution in [3.8, 4) is 0 Å². The van der Waals surface area contributed by atoms with E-state index in [2.05, 4.69) is 12.2 Å². The SMILES string of the molecule is CCCCCC(C)(C)NC(=O)OCC. The number of rotatable bonds is 6. The number of nitrogens with one attached hydrogen (secondary N) is 1. The van der Waals surface area contributed by atoms with Crippen LogP contribution in [0.15, 0.2) is 0 Å². The van der Waals surface area contributed by atoms with E-state index in [4.69, 9.17) is 4.74 Å². The fourth-order valence-corrected chi connectivity index (χ4v) is 1.32. The molecule has 0 heterocycles. The third kappa shape index (κ3) is 6.75. The Morgan fingerprint density at radius 1 is 1.29 bits per heavy atom. The van der Waals surface area contributed by atoms with Crippen LogP contribution in [0.4, 0.5) is 4.79 Å². The van der Waals surface area contributed by atoms with Crippen LogP contribution >= 0.6 is 0 Å². The standard InChI is InChI=1S/C11H23NO2/c1-5-7-8-9-11(3,4)12-10(13)14-6-2/h5-9H2,1-4H3,(H,12,13). The summed E-state index contributed by atoms with van der Waals surface area (Å²) < 4.78 is 4.83. The first-order valence-corrected chi connectivity index (χ1v) is 5.46. The van der Waals surface area contributed by atoms with Crippen LogP contribution in [0.2, 0.25) is 0 Å². The van der Waals surface area contributed by atoms with E-state index in [1.807, 2.05) is 20.8 Å². The maximum Gasteiger partial charge on any atom is 0.407 e. The molecule has 0 aromatic carbocycles. The van der Waals surface area contributed by atoms with E-state index in [0.29, 0.717) is 6.61 Å². The Labute approximate surface area is 87.2 Å². The molecule has 0 aliphatic carbocycles. The van der Waals surface area contributed by atoms with Gasteiger partial charge in [-0.3, -0.25) is 0 Å². The highest BCUT2D eigenvalue weighted by atomic mass is 16.5. The molecule has 0 spiro atoms. The summed E-state index contributed by atoms with van der Waals surface area (Å²) in [5.41, 5.74) is -0.151. The van der Waals surface area contributed by atoms with Crippen LogP contribution in [-0.4, -0.2) is 18.2 Å². The summed E-state index contributed by atoms with van der Waals surface area (Å²) >= 11 is 0. The molecule has 0 atom stereocenters. The molecule has 0 saturated heterocycles. The lowest BCUT2D eigenvalue weighted by molar-refractivity contribution is 0.140. The molecule has 0 unspecified atom stereocenters. The average molecular weight is 201 g/mol. The van der Waals surface area contributed by atoms with E-state index in [-0.39, 0.29) is 11.6 Å². The topological polar surface area (TPSA) is 38.3 Å². The predicted molar refractivity (Wildman–Crippen MR) is 58.4 cm³/mol. The Morgan fingerprint density at radius 3 is 2.43 bits per heavy atom. The van der Waals surface area contributed by atoms with Crippen molar-refractivity contribution in [2.24, 2.45) is 0 Å². The lowest BCUT2D eigenvalue weighted by atomic mass is 9.97. The number of amides is 1. The molecule has 0 aliphatic rings. The third-order valence-electron chi connectivity index (χ3n) is 2.12. The molecule has 14 heavy (non-hydrogen) atoms. The van der Waals surface area contributed by atoms with Gasteiger partial charge in [-0.1, -0.05) is 26.2 Å². The highest BCUT2D eigenvalue weighted by Gasteiger charge is 2.19. The van der Waals surface area contributed by atoms with E-state index >= 15 is 0 Å². The minimum Gasteiger partial charge on any atom is -0.450 e. The Balaban J connectivity index is 3.75. The second-order valence-corrected chi connectivity index (χ2v) is 4.19. The molecule has 0 fully saturated rings. The summed E-state index contributed by atoms with van der Waals surface area (Å²) in [7, 11) is 0. The number of carbonyl (C=O) groups excluding carboxylic acids is 1. The number of alkyl carbamates (subject to hydrolysis) is 1. The predicted octanol–water partition coefficient (Wildman–Crippen LogP) is 3.09. The highest BCUT2D eigenvalue weighted by molar-refractivity contribution is 5.68. The second-order valence-electron chi connectivity index (χ2n) is 4.19. The Bertz CT molecular complexity index is 167. The van der Waals surface area contributed by atoms with Gasteiger partial charge in [0.1, 0.15) is 0 Å². The minimum absolute atomic E-state index is 0.151. The molecule has 84 valence electrons. The summed E-state index contributed by atoms with van der Waals surface area (Å²) in [5, 5.41) is 2.85. The molecule has 1 N–H and O–H groups in total. The normalized spacial score (nSPS) is 11.1. The van der Waals surface area contributed by atoms with E-state index in [0.717, 1.165) is 12.8 Å². The van der Waals surface area contributed by atoms with Gasteiger partial charge in [-0.25, -0.2) is 4.79 Å². The average Bonchev–Trinajstić information content (AvgIpc) is 2.03. The van der Waals surface area contributed by atoms with Gasteiger partial charge >= 0.3 is 6.09 Å². The largest absolute Gasteiger partial charge is 0.450 e. The van der Waals surface area contributed by atoms with Crippen molar-refractivity contribution < 1.29 is 9.53 Å². The molecule has 3 nitrogen and oxygen atoms in total. The molecule has 0 saturated carbocycles. The number of ether oxygens (including phenoxy) is 1.